The van der Waals surface area contributed by atoms with Crippen molar-refractivity contribution in [3.8, 4) is 0 Å². The lowest BCUT2D eigenvalue weighted by atomic mass is 9.64. The van der Waals surface area contributed by atoms with Crippen LogP contribution in [-0.2, 0) is 4.74 Å². The summed E-state index contributed by atoms with van der Waals surface area (Å²) in [4.78, 5) is 0. The minimum absolute atomic E-state index is 0.279. The van der Waals surface area contributed by atoms with Crippen LogP contribution in [-0.4, -0.2) is 37.4 Å². The third-order valence-corrected chi connectivity index (χ3v) is 5.33. The summed E-state index contributed by atoms with van der Waals surface area (Å²) in [5, 5.41) is 7.55. The van der Waals surface area contributed by atoms with Crippen LogP contribution in [0, 0.1) is 5.41 Å². The van der Waals surface area contributed by atoms with E-state index in [9.17, 15) is 0 Å². The average molecular weight is 282 g/mol. The van der Waals surface area contributed by atoms with Crippen LogP contribution < -0.4 is 10.6 Å². The highest BCUT2D eigenvalue weighted by Gasteiger charge is 2.48. The van der Waals surface area contributed by atoms with E-state index in [-0.39, 0.29) is 5.41 Å². The maximum absolute atomic E-state index is 5.82. The highest BCUT2D eigenvalue weighted by molar-refractivity contribution is 5.03. The number of hydrogen-bond acceptors (Lipinski definition) is 3. The highest BCUT2D eigenvalue weighted by atomic mass is 16.5. The Balaban J connectivity index is 1.73. The van der Waals surface area contributed by atoms with Gasteiger partial charge in [-0.3, -0.25) is 0 Å². The second-order valence-electron chi connectivity index (χ2n) is 7.36. The minimum atomic E-state index is 0.279. The van der Waals surface area contributed by atoms with Crippen molar-refractivity contribution in [2.75, 3.05) is 13.2 Å². The summed E-state index contributed by atoms with van der Waals surface area (Å²) < 4.78 is 5.82. The Morgan fingerprint density at radius 1 is 1.30 bits per heavy atom. The first kappa shape index (κ1) is 16.3. The van der Waals surface area contributed by atoms with Crippen molar-refractivity contribution < 1.29 is 4.74 Å². The Hall–Kier alpha value is -0.120. The molecule has 0 aromatic carbocycles. The van der Waals surface area contributed by atoms with Gasteiger partial charge in [-0.2, -0.15) is 0 Å². The van der Waals surface area contributed by atoms with E-state index in [2.05, 4.69) is 38.3 Å². The van der Waals surface area contributed by atoms with Gasteiger partial charge in [-0.15, -0.1) is 0 Å². The SMILES string of the molecule is CCOC1CC(NC(C)CC2CCCCCN2)C1(C)C. The molecule has 3 nitrogen and oxygen atoms in total. The van der Waals surface area contributed by atoms with Gasteiger partial charge in [0.1, 0.15) is 0 Å². The Morgan fingerprint density at radius 2 is 2.10 bits per heavy atom. The third-order valence-electron chi connectivity index (χ3n) is 5.33. The van der Waals surface area contributed by atoms with Gasteiger partial charge >= 0.3 is 0 Å². The maximum Gasteiger partial charge on any atom is 0.0655 e. The molecule has 2 fully saturated rings. The van der Waals surface area contributed by atoms with Gasteiger partial charge in [0, 0.05) is 30.1 Å². The molecule has 1 saturated heterocycles. The van der Waals surface area contributed by atoms with E-state index in [1.165, 1.54) is 45.1 Å². The first-order valence-electron chi connectivity index (χ1n) is 8.65. The summed E-state index contributed by atoms with van der Waals surface area (Å²) in [7, 11) is 0. The van der Waals surface area contributed by atoms with Crippen molar-refractivity contribution in [1.29, 1.82) is 0 Å². The molecule has 0 aromatic heterocycles. The van der Waals surface area contributed by atoms with Crippen molar-refractivity contribution >= 4 is 0 Å². The summed E-state index contributed by atoms with van der Waals surface area (Å²) in [5.41, 5.74) is 0.279. The van der Waals surface area contributed by atoms with E-state index in [1.807, 2.05) is 0 Å². The lowest BCUT2D eigenvalue weighted by Gasteiger charge is -2.53. The van der Waals surface area contributed by atoms with Crippen molar-refractivity contribution in [3.63, 3.8) is 0 Å². The summed E-state index contributed by atoms with van der Waals surface area (Å²) in [6, 6.07) is 1.92. The molecule has 0 amide bonds. The van der Waals surface area contributed by atoms with Crippen molar-refractivity contribution in [3.05, 3.63) is 0 Å². The van der Waals surface area contributed by atoms with Crippen LogP contribution in [0.3, 0.4) is 0 Å². The number of hydrogen-bond donors (Lipinski definition) is 2. The first-order chi connectivity index (χ1) is 9.54. The molecule has 2 aliphatic rings. The summed E-state index contributed by atoms with van der Waals surface area (Å²) in [5.74, 6) is 0. The van der Waals surface area contributed by atoms with E-state index >= 15 is 0 Å². The molecule has 1 aliphatic carbocycles. The molecule has 0 spiro atoms. The third kappa shape index (κ3) is 3.96. The van der Waals surface area contributed by atoms with Crippen LogP contribution in [0.2, 0.25) is 0 Å². The second kappa shape index (κ2) is 7.24. The van der Waals surface area contributed by atoms with Gasteiger partial charge in [0.15, 0.2) is 0 Å². The van der Waals surface area contributed by atoms with Crippen LogP contribution in [0.15, 0.2) is 0 Å². The molecular weight excluding hydrogens is 248 g/mol. The van der Waals surface area contributed by atoms with Crippen LogP contribution in [0.25, 0.3) is 0 Å². The van der Waals surface area contributed by atoms with Crippen molar-refractivity contribution in [2.45, 2.75) is 90.4 Å². The smallest absolute Gasteiger partial charge is 0.0655 e. The zero-order chi connectivity index (χ0) is 14.6. The first-order valence-corrected chi connectivity index (χ1v) is 8.65. The van der Waals surface area contributed by atoms with E-state index < -0.39 is 0 Å². The molecule has 4 unspecified atom stereocenters. The van der Waals surface area contributed by atoms with Gasteiger partial charge in [-0.1, -0.05) is 26.7 Å². The Morgan fingerprint density at radius 3 is 2.80 bits per heavy atom. The van der Waals surface area contributed by atoms with Gasteiger partial charge in [0.25, 0.3) is 0 Å². The molecule has 1 heterocycles. The fraction of sp³-hybridized carbons (Fsp3) is 1.00. The lowest BCUT2D eigenvalue weighted by Crippen LogP contribution is -2.62. The summed E-state index contributed by atoms with van der Waals surface area (Å²) >= 11 is 0. The molecule has 2 rings (SSSR count). The molecule has 20 heavy (non-hydrogen) atoms. The van der Waals surface area contributed by atoms with Crippen LogP contribution in [0.1, 0.15) is 66.2 Å². The maximum atomic E-state index is 5.82. The van der Waals surface area contributed by atoms with Gasteiger partial charge in [0.05, 0.1) is 6.10 Å². The monoisotopic (exact) mass is 282 g/mol. The Bertz CT molecular complexity index is 285. The molecule has 1 aliphatic heterocycles. The van der Waals surface area contributed by atoms with Gasteiger partial charge in [-0.25, -0.2) is 0 Å². The second-order valence-corrected chi connectivity index (χ2v) is 7.36. The van der Waals surface area contributed by atoms with E-state index in [0.29, 0.717) is 24.2 Å². The molecule has 3 heteroatoms. The predicted molar refractivity (Wildman–Crippen MR) is 85.1 cm³/mol. The van der Waals surface area contributed by atoms with Crippen molar-refractivity contribution in [2.24, 2.45) is 5.41 Å². The Labute approximate surface area is 125 Å². The fourth-order valence-electron chi connectivity index (χ4n) is 3.79. The number of ether oxygens (including phenoxy) is 1. The van der Waals surface area contributed by atoms with Crippen LogP contribution in [0.4, 0.5) is 0 Å². The lowest BCUT2D eigenvalue weighted by molar-refractivity contribution is -0.116. The van der Waals surface area contributed by atoms with Crippen molar-refractivity contribution in [1.82, 2.24) is 10.6 Å². The Kier molecular flexibility index (Phi) is 5.88. The van der Waals surface area contributed by atoms with Gasteiger partial charge < -0.3 is 15.4 Å². The topological polar surface area (TPSA) is 33.3 Å². The minimum Gasteiger partial charge on any atom is -0.378 e. The number of rotatable bonds is 6. The molecule has 0 aromatic rings. The zero-order valence-electron chi connectivity index (χ0n) is 13.9. The molecule has 4 atom stereocenters. The number of nitrogens with one attached hydrogen (secondary N) is 2. The van der Waals surface area contributed by atoms with Crippen LogP contribution in [0.5, 0.6) is 0 Å². The molecule has 118 valence electrons. The van der Waals surface area contributed by atoms with Crippen LogP contribution >= 0.6 is 0 Å². The largest absolute Gasteiger partial charge is 0.378 e. The fourth-order valence-corrected chi connectivity index (χ4v) is 3.79. The molecule has 2 N–H and O–H groups in total. The van der Waals surface area contributed by atoms with E-state index in [4.69, 9.17) is 4.74 Å². The quantitative estimate of drug-likeness (QED) is 0.785. The molecule has 1 saturated carbocycles. The average Bonchev–Trinajstić information content (AvgIpc) is 2.66. The standard InChI is InChI=1S/C17H34N2O/c1-5-20-16-12-15(17(16,3)4)19-13(2)11-14-9-7-6-8-10-18-14/h13-16,18-19H,5-12H2,1-4H3. The van der Waals surface area contributed by atoms with Gasteiger partial charge in [0.2, 0.25) is 0 Å². The molecular formula is C17H34N2O. The highest BCUT2D eigenvalue weighted by Crippen LogP contribution is 2.43. The van der Waals surface area contributed by atoms with E-state index in [1.54, 1.807) is 0 Å². The normalized spacial score (nSPS) is 35.1. The molecule has 0 radical (unpaired) electrons. The summed E-state index contributed by atoms with van der Waals surface area (Å²) in [6.45, 7) is 11.2. The van der Waals surface area contributed by atoms with Gasteiger partial charge in [-0.05, 0) is 46.1 Å². The summed E-state index contributed by atoms with van der Waals surface area (Å²) in [6.07, 6.45) is 8.36. The van der Waals surface area contributed by atoms with E-state index in [0.717, 1.165) is 6.61 Å². The molecule has 0 bridgehead atoms. The predicted octanol–water partition coefficient (Wildman–Crippen LogP) is 3.09. The zero-order valence-corrected chi connectivity index (χ0v) is 13.9.